The van der Waals surface area contributed by atoms with Gasteiger partial charge in [-0.05, 0) is 17.7 Å². The molecule has 2 N–H and O–H groups in total. The number of aliphatic hydroxyl groups excluding tert-OH is 1. The van der Waals surface area contributed by atoms with Crippen LogP contribution in [0.3, 0.4) is 0 Å². The van der Waals surface area contributed by atoms with Gasteiger partial charge in [-0.2, -0.15) is 0 Å². The zero-order valence-electron chi connectivity index (χ0n) is 12.7. The minimum absolute atomic E-state index is 0.460. The molecule has 0 aromatic heterocycles. The van der Waals surface area contributed by atoms with Gasteiger partial charge in [-0.3, -0.25) is 0 Å². The summed E-state index contributed by atoms with van der Waals surface area (Å²) in [6.07, 6.45) is -0.541. The Morgan fingerprint density at radius 3 is 2.50 bits per heavy atom. The zero-order chi connectivity index (χ0) is 15.9. The molecule has 2 aromatic carbocycles. The van der Waals surface area contributed by atoms with E-state index >= 15 is 0 Å². The maximum Gasteiger partial charge on any atom is 0.165 e. The maximum absolute atomic E-state index is 10.2. The van der Waals surface area contributed by atoms with Crippen LogP contribution in [0.25, 0.3) is 0 Å². The van der Waals surface area contributed by atoms with Gasteiger partial charge in [0.25, 0.3) is 0 Å². The lowest BCUT2D eigenvalue weighted by Crippen LogP contribution is -2.21. The lowest BCUT2D eigenvalue weighted by molar-refractivity contribution is 0.174. The number of halogens is 1. The third-order valence-corrected chi connectivity index (χ3v) is 3.82. The molecule has 5 heteroatoms. The lowest BCUT2D eigenvalue weighted by atomic mass is 10.1. The fourth-order valence-corrected chi connectivity index (χ4v) is 2.76. The molecule has 1 atom stereocenters. The third kappa shape index (κ3) is 4.22. The van der Waals surface area contributed by atoms with Crippen LogP contribution >= 0.6 is 15.9 Å². The van der Waals surface area contributed by atoms with E-state index in [2.05, 4.69) is 21.2 Å². The van der Waals surface area contributed by atoms with Gasteiger partial charge in [0.1, 0.15) is 0 Å². The molecular weight excluding hydrogens is 346 g/mol. The van der Waals surface area contributed by atoms with Crippen LogP contribution in [0, 0.1) is 0 Å². The number of benzene rings is 2. The van der Waals surface area contributed by atoms with Crippen LogP contribution in [0.4, 0.5) is 0 Å². The van der Waals surface area contributed by atoms with Gasteiger partial charge < -0.3 is 19.9 Å². The van der Waals surface area contributed by atoms with E-state index in [9.17, 15) is 5.11 Å². The van der Waals surface area contributed by atoms with Crippen molar-refractivity contribution in [3.8, 4) is 11.5 Å². The second-order valence-corrected chi connectivity index (χ2v) is 5.77. The molecular formula is C17H20BrNO3. The molecule has 0 amide bonds. The molecule has 0 saturated carbocycles. The van der Waals surface area contributed by atoms with Crippen LogP contribution in [-0.2, 0) is 6.54 Å². The molecule has 0 fully saturated rings. The second kappa shape index (κ2) is 8.17. The Labute approximate surface area is 139 Å². The maximum atomic E-state index is 10.2. The van der Waals surface area contributed by atoms with E-state index in [0.29, 0.717) is 24.6 Å². The quantitative estimate of drug-likeness (QED) is 0.790. The standard InChI is InChI=1S/C17H20BrNO3/c1-21-16-9-14(18)8-13(17(16)22-2)10-19-11-15(20)12-6-4-3-5-7-12/h3-9,15,19-20H,10-11H2,1-2H3/t15-/m1/s1. The highest BCUT2D eigenvalue weighted by molar-refractivity contribution is 9.10. The fraction of sp³-hybridized carbons (Fsp3) is 0.294. The molecule has 0 aliphatic heterocycles. The smallest absolute Gasteiger partial charge is 0.165 e. The average Bonchev–Trinajstić information content (AvgIpc) is 2.55. The Balaban J connectivity index is 2.01. The van der Waals surface area contributed by atoms with Crippen molar-refractivity contribution in [3.63, 3.8) is 0 Å². The minimum atomic E-state index is -0.541. The van der Waals surface area contributed by atoms with Crippen LogP contribution in [0.5, 0.6) is 11.5 Å². The number of hydrogen-bond donors (Lipinski definition) is 2. The van der Waals surface area contributed by atoms with Crippen LogP contribution in [0.15, 0.2) is 46.9 Å². The van der Waals surface area contributed by atoms with Crippen LogP contribution in [0.1, 0.15) is 17.2 Å². The van der Waals surface area contributed by atoms with E-state index in [1.54, 1.807) is 14.2 Å². The highest BCUT2D eigenvalue weighted by Crippen LogP contribution is 2.34. The van der Waals surface area contributed by atoms with E-state index in [4.69, 9.17) is 9.47 Å². The Bertz CT molecular complexity index is 604. The molecule has 118 valence electrons. The van der Waals surface area contributed by atoms with Crippen molar-refractivity contribution in [3.05, 3.63) is 58.1 Å². The summed E-state index contributed by atoms with van der Waals surface area (Å²) in [5, 5.41) is 13.4. The van der Waals surface area contributed by atoms with E-state index in [1.807, 2.05) is 42.5 Å². The second-order valence-electron chi connectivity index (χ2n) is 4.86. The van der Waals surface area contributed by atoms with Gasteiger partial charge in [0.2, 0.25) is 0 Å². The fourth-order valence-electron chi connectivity index (χ4n) is 2.27. The van der Waals surface area contributed by atoms with Crippen molar-refractivity contribution in [1.29, 1.82) is 0 Å². The van der Waals surface area contributed by atoms with Crippen molar-refractivity contribution >= 4 is 15.9 Å². The normalized spacial score (nSPS) is 12.0. The first-order valence-electron chi connectivity index (χ1n) is 6.99. The average molecular weight is 366 g/mol. The van der Waals surface area contributed by atoms with E-state index in [1.165, 1.54) is 0 Å². The molecule has 4 nitrogen and oxygen atoms in total. The molecule has 0 heterocycles. The first-order chi connectivity index (χ1) is 10.7. The Kier molecular flexibility index (Phi) is 6.24. The van der Waals surface area contributed by atoms with E-state index < -0.39 is 6.10 Å². The predicted molar refractivity (Wildman–Crippen MR) is 90.4 cm³/mol. The molecule has 0 aliphatic carbocycles. The summed E-state index contributed by atoms with van der Waals surface area (Å²) in [5.74, 6) is 1.38. The number of aliphatic hydroxyl groups is 1. The number of nitrogens with one attached hydrogen (secondary N) is 1. The van der Waals surface area contributed by atoms with Gasteiger partial charge in [-0.15, -0.1) is 0 Å². The summed E-state index contributed by atoms with van der Waals surface area (Å²) in [7, 11) is 3.23. The number of rotatable bonds is 7. The highest BCUT2D eigenvalue weighted by Gasteiger charge is 2.12. The molecule has 2 rings (SSSR count). The summed E-state index contributed by atoms with van der Waals surface area (Å²) < 4.78 is 11.7. The van der Waals surface area contributed by atoms with Gasteiger partial charge in [-0.1, -0.05) is 46.3 Å². The van der Waals surface area contributed by atoms with Crippen LogP contribution in [0.2, 0.25) is 0 Å². The molecule has 0 spiro atoms. The molecule has 0 aliphatic rings. The summed E-state index contributed by atoms with van der Waals surface area (Å²) >= 11 is 3.46. The summed E-state index contributed by atoms with van der Waals surface area (Å²) in [6.45, 7) is 1.03. The molecule has 0 unspecified atom stereocenters. The summed E-state index contributed by atoms with van der Waals surface area (Å²) in [6, 6.07) is 13.4. The van der Waals surface area contributed by atoms with Crippen molar-refractivity contribution < 1.29 is 14.6 Å². The van der Waals surface area contributed by atoms with Crippen LogP contribution in [-0.4, -0.2) is 25.9 Å². The summed E-state index contributed by atoms with van der Waals surface area (Å²) in [4.78, 5) is 0. The minimum Gasteiger partial charge on any atom is -0.493 e. The first-order valence-corrected chi connectivity index (χ1v) is 7.79. The highest BCUT2D eigenvalue weighted by atomic mass is 79.9. The topological polar surface area (TPSA) is 50.7 Å². The van der Waals surface area contributed by atoms with Gasteiger partial charge in [0.15, 0.2) is 11.5 Å². The van der Waals surface area contributed by atoms with Gasteiger partial charge >= 0.3 is 0 Å². The molecule has 0 radical (unpaired) electrons. The summed E-state index contributed by atoms with van der Waals surface area (Å²) in [5.41, 5.74) is 1.86. The predicted octanol–water partition coefficient (Wildman–Crippen LogP) is 3.29. The lowest BCUT2D eigenvalue weighted by Gasteiger charge is -2.16. The van der Waals surface area contributed by atoms with E-state index in [0.717, 1.165) is 15.6 Å². The molecule has 0 saturated heterocycles. The third-order valence-electron chi connectivity index (χ3n) is 3.36. The molecule has 0 bridgehead atoms. The van der Waals surface area contributed by atoms with Crippen molar-refractivity contribution in [1.82, 2.24) is 5.32 Å². The Morgan fingerprint density at radius 1 is 1.14 bits per heavy atom. The number of methoxy groups -OCH3 is 2. The van der Waals surface area contributed by atoms with Gasteiger partial charge in [0, 0.05) is 23.1 Å². The van der Waals surface area contributed by atoms with Gasteiger partial charge in [0.05, 0.1) is 20.3 Å². The first kappa shape index (κ1) is 16.8. The zero-order valence-corrected chi connectivity index (χ0v) is 14.3. The van der Waals surface area contributed by atoms with Crippen molar-refractivity contribution in [2.75, 3.05) is 20.8 Å². The Hall–Kier alpha value is -1.56. The number of ether oxygens (including phenoxy) is 2. The molecule has 2 aromatic rings. The molecule has 22 heavy (non-hydrogen) atoms. The Morgan fingerprint density at radius 2 is 1.86 bits per heavy atom. The van der Waals surface area contributed by atoms with Crippen LogP contribution < -0.4 is 14.8 Å². The van der Waals surface area contributed by atoms with E-state index in [-0.39, 0.29) is 0 Å². The number of hydrogen-bond acceptors (Lipinski definition) is 4. The van der Waals surface area contributed by atoms with Gasteiger partial charge in [-0.25, -0.2) is 0 Å². The SMILES string of the molecule is COc1cc(Br)cc(CNC[C@@H](O)c2ccccc2)c1OC. The van der Waals surface area contributed by atoms with Crippen molar-refractivity contribution in [2.45, 2.75) is 12.6 Å². The largest absolute Gasteiger partial charge is 0.493 e. The van der Waals surface area contributed by atoms with Crippen molar-refractivity contribution in [2.24, 2.45) is 0 Å². The monoisotopic (exact) mass is 365 g/mol.